The number of primary amides is 1. The summed E-state index contributed by atoms with van der Waals surface area (Å²) < 4.78 is 4.86. The summed E-state index contributed by atoms with van der Waals surface area (Å²) in [4.78, 5) is 44.2. The van der Waals surface area contributed by atoms with E-state index in [1.54, 1.807) is 20.8 Å². The van der Waals surface area contributed by atoms with E-state index in [9.17, 15) is 24.3 Å². The van der Waals surface area contributed by atoms with Gasteiger partial charge in [0, 0.05) is 0 Å². The van der Waals surface area contributed by atoms with Crippen molar-refractivity contribution in [2.24, 2.45) is 5.73 Å². The Morgan fingerprint density at radius 3 is 2.14 bits per heavy atom. The molecule has 10 nitrogen and oxygen atoms in total. The van der Waals surface area contributed by atoms with E-state index in [1.807, 2.05) is 5.32 Å². The molecule has 6 N–H and O–H groups in total. The van der Waals surface area contributed by atoms with Crippen LogP contribution < -0.4 is 16.4 Å². The van der Waals surface area contributed by atoms with E-state index in [0.29, 0.717) is 0 Å². The highest BCUT2D eigenvalue weighted by Crippen LogP contribution is 2.06. The number of ether oxygens (including phenoxy) is 1. The molecule has 0 rings (SSSR count). The molecular formula is C11H19N3O7. The number of carbonyl (C=O) groups excluding carboxylic acids is 3. The molecule has 0 aliphatic carbocycles. The SMILES string of the molecule is CC(C)(C)OC(=O)NCC(=O)N[C@H](C(=O)O)[C@H](O)C(N)=O. The number of alkyl carbamates (subject to hydrolysis) is 1. The van der Waals surface area contributed by atoms with Gasteiger partial charge in [-0.2, -0.15) is 0 Å². The van der Waals surface area contributed by atoms with Crippen LogP contribution >= 0.6 is 0 Å². The number of aliphatic hydroxyl groups excluding tert-OH is 1. The molecule has 0 radical (unpaired) electrons. The first kappa shape index (κ1) is 18.6. The highest BCUT2D eigenvalue weighted by molar-refractivity contribution is 5.92. The lowest BCUT2D eigenvalue weighted by molar-refractivity contribution is -0.148. The van der Waals surface area contributed by atoms with Crippen molar-refractivity contribution < 1.29 is 34.1 Å². The Hall–Kier alpha value is -2.36. The number of carboxylic acid groups (broad SMARTS) is 1. The quantitative estimate of drug-likeness (QED) is 0.375. The van der Waals surface area contributed by atoms with Crippen molar-refractivity contribution >= 4 is 23.9 Å². The average Bonchev–Trinajstić information content (AvgIpc) is 2.29. The van der Waals surface area contributed by atoms with Crippen LogP contribution in [-0.4, -0.2) is 58.4 Å². The Bertz CT molecular complexity index is 430. The smallest absolute Gasteiger partial charge is 0.408 e. The molecule has 0 fully saturated rings. The fourth-order valence-corrected chi connectivity index (χ4v) is 1.13. The fourth-order valence-electron chi connectivity index (χ4n) is 1.13. The standard InChI is InChI=1S/C11H19N3O7/c1-11(2,3)21-10(20)13-4-5(15)14-6(9(18)19)7(16)8(12)17/h6-7,16H,4H2,1-3H3,(H2,12,17)(H,13,20)(H,14,15)(H,18,19)/t6-,7-/m0/s1. The zero-order valence-electron chi connectivity index (χ0n) is 11.9. The number of carboxylic acids is 1. The van der Waals surface area contributed by atoms with Gasteiger partial charge < -0.3 is 31.3 Å². The molecule has 2 atom stereocenters. The van der Waals surface area contributed by atoms with Crippen molar-refractivity contribution in [3.8, 4) is 0 Å². The molecule has 0 heterocycles. The van der Waals surface area contributed by atoms with Gasteiger partial charge in [-0.1, -0.05) is 0 Å². The maximum Gasteiger partial charge on any atom is 0.408 e. The van der Waals surface area contributed by atoms with E-state index in [1.165, 1.54) is 0 Å². The van der Waals surface area contributed by atoms with Gasteiger partial charge in [0.15, 0.2) is 12.1 Å². The van der Waals surface area contributed by atoms with Crippen LogP contribution in [0.3, 0.4) is 0 Å². The molecular weight excluding hydrogens is 286 g/mol. The summed E-state index contributed by atoms with van der Waals surface area (Å²) in [7, 11) is 0. The Morgan fingerprint density at radius 2 is 1.76 bits per heavy atom. The molecule has 0 saturated carbocycles. The maximum atomic E-state index is 11.4. The van der Waals surface area contributed by atoms with Gasteiger partial charge in [0.2, 0.25) is 11.8 Å². The zero-order valence-corrected chi connectivity index (χ0v) is 11.9. The third-order valence-electron chi connectivity index (χ3n) is 1.98. The number of hydrogen-bond donors (Lipinski definition) is 5. The summed E-state index contributed by atoms with van der Waals surface area (Å²) in [5.74, 6) is -3.89. The van der Waals surface area contributed by atoms with Crippen LogP contribution in [0.4, 0.5) is 4.79 Å². The molecule has 0 aliphatic rings. The molecule has 0 aliphatic heterocycles. The molecule has 0 bridgehead atoms. The first-order valence-electron chi connectivity index (χ1n) is 5.90. The van der Waals surface area contributed by atoms with Crippen LogP contribution in [0.25, 0.3) is 0 Å². The van der Waals surface area contributed by atoms with Crippen LogP contribution in [0.5, 0.6) is 0 Å². The summed E-state index contributed by atoms with van der Waals surface area (Å²) in [5.41, 5.74) is 3.99. The molecule has 0 aromatic carbocycles. The van der Waals surface area contributed by atoms with Crippen molar-refractivity contribution in [3.05, 3.63) is 0 Å². The zero-order chi connectivity index (χ0) is 16.8. The van der Waals surface area contributed by atoms with Gasteiger partial charge in [0.25, 0.3) is 0 Å². The summed E-state index contributed by atoms with van der Waals surface area (Å²) in [6.45, 7) is 4.27. The van der Waals surface area contributed by atoms with Crippen molar-refractivity contribution in [2.45, 2.75) is 38.5 Å². The van der Waals surface area contributed by atoms with Crippen molar-refractivity contribution in [2.75, 3.05) is 6.54 Å². The lowest BCUT2D eigenvalue weighted by Gasteiger charge is -2.20. The second-order valence-corrected chi connectivity index (χ2v) is 5.09. The first-order chi connectivity index (χ1) is 9.44. The Kier molecular flexibility index (Phi) is 6.59. The van der Waals surface area contributed by atoms with Crippen LogP contribution in [0.15, 0.2) is 0 Å². The third kappa shape index (κ3) is 7.72. The number of rotatable bonds is 6. The average molecular weight is 305 g/mol. The number of carbonyl (C=O) groups is 4. The van der Waals surface area contributed by atoms with Gasteiger partial charge in [0.05, 0.1) is 0 Å². The molecule has 0 aromatic rings. The predicted octanol–water partition coefficient (Wildman–Crippen LogP) is -2.07. The van der Waals surface area contributed by atoms with Gasteiger partial charge in [0.1, 0.15) is 12.1 Å². The normalized spacial score (nSPS) is 13.7. The second-order valence-electron chi connectivity index (χ2n) is 5.09. The molecule has 0 saturated heterocycles. The lowest BCUT2D eigenvalue weighted by Crippen LogP contribution is -2.55. The van der Waals surface area contributed by atoms with E-state index in [2.05, 4.69) is 5.32 Å². The molecule has 21 heavy (non-hydrogen) atoms. The fraction of sp³-hybridized carbons (Fsp3) is 0.636. The third-order valence-corrected chi connectivity index (χ3v) is 1.98. The highest BCUT2D eigenvalue weighted by Gasteiger charge is 2.32. The van der Waals surface area contributed by atoms with Crippen LogP contribution in [0, 0.1) is 0 Å². The van der Waals surface area contributed by atoms with E-state index in [4.69, 9.17) is 15.6 Å². The molecule has 3 amide bonds. The summed E-state index contributed by atoms with van der Waals surface area (Å²) in [6, 6.07) is -1.91. The summed E-state index contributed by atoms with van der Waals surface area (Å²) in [6.07, 6.45) is -2.96. The van der Waals surface area contributed by atoms with Gasteiger partial charge in [-0.3, -0.25) is 9.59 Å². The lowest BCUT2D eigenvalue weighted by atomic mass is 10.1. The minimum absolute atomic E-state index is 0.593. The van der Waals surface area contributed by atoms with Crippen molar-refractivity contribution in [1.29, 1.82) is 0 Å². The molecule has 0 unspecified atom stereocenters. The number of aliphatic hydroxyl groups is 1. The summed E-state index contributed by atoms with van der Waals surface area (Å²) >= 11 is 0. The number of nitrogens with two attached hydrogens (primary N) is 1. The topological polar surface area (TPSA) is 168 Å². The minimum atomic E-state index is -2.09. The maximum absolute atomic E-state index is 11.4. The van der Waals surface area contributed by atoms with Crippen molar-refractivity contribution in [3.63, 3.8) is 0 Å². The van der Waals surface area contributed by atoms with E-state index < -0.39 is 48.2 Å². The van der Waals surface area contributed by atoms with Crippen molar-refractivity contribution in [1.82, 2.24) is 10.6 Å². The van der Waals surface area contributed by atoms with Crippen LogP contribution in [-0.2, 0) is 19.1 Å². The second kappa shape index (κ2) is 7.43. The van der Waals surface area contributed by atoms with Crippen LogP contribution in [0.2, 0.25) is 0 Å². The van der Waals surface area contributed by atoms with Gasteiger partial charge in [-0.05, 0) is 20.8 Å². The number of aliphatic carboxylic acids is 1. The van der Waals surface area contributed by atoms with Gasteiger partial charge in [-0.15, -0.1) is 0 Å². The van der Waals surface area contributed by atoms with Gasteiger partial charge in [-0.25, -0.2) is 9.59 Å². The molecule has 120 valence electrons. The summed E-state index contributed by atoms with van der Waals surface area (Å²) in [5, 5.41) is 22.0. The number of hydrogen-bond acceptors (Lipinski definition) is 6. The minimum Gasteiger partial charge on any atom is -0.480 e. The largest absolute Gasteiger partial charge is 0.480 e. The van der Waals surface area contributed by atoms with Gasteiger partial charge >= 0.3 is 12.1 Å². The van der Waals surface area contributed by atoms with E-state index in [-0.39, 0.29) is 0 Å². The monoisotopic (exact) mass is 305 g/mol. The number of nitrogens with one attached hydrogen (secondary N) is 2. The molecule has 0 spiro atoms. The Morgan fingerprint density at radius 1 is 1.24 bits per heavy atom. The first-order valence-corrected chi connectivity index (χ1v) is 5.90. The molecule has 10 heteroatoms. The predicted molar refractivity (Wildman–Crippen MR) is 69.0 cm³/mol. The number of amides is 3. The highest BCUT2D eigenvalue weighted by atomic mass is 16.6. The van der Waals surface area contributed by atoms with E-state index in [0.717, 1.165) is 0 Å². The Labute approximate surface area is 120 Å². The van der Waals surface area contributed by atoms with E-state index >= 15 is 0 Å². The van der Waals surface area contributed by atoms with Crippen LogP contribution in [0.1, 0.15) is 20.8 Å². The molecule has 0 aromatic heterocycles. The Balaban J connectivity index is 4.44.